The SMILES string of the molecule is CCCNCc1ccc(N(CC)CC(N)=O)cc1C. The van der Waals surface area contributed by atoms with Crippen LogP contribution in [-0.4, -0.2) is 25.5 Å². The Morgan fingerprint density at radius 2 is 2.11 bits per heavy atom. The Balaban J connectivity index is 2.76. The number of likely N-dealkylation sites (N-methyl/N-ethyl adjacent to an activating group) is 1. The number of rotatable bonds is 8. The number of hydrogen-bond acceptors (Lipinski definition) is 3. The van der Waals surface area contributed by atoms with Crippen molar-refractivity contribution < 1.29 is 4.79 Å². The molecule has 0 aliphatic heterocycles. The summed E-state index contributed by atoms with van der Waals surface area (Å²) in [5, 5.41) is 3.40. The lowest BCUT2D eigenvalue weighted by molar-refractivity contribution is -0.116. The van der Waals surface area contributed by atoms with Gasteiger partial charge in [-0.25, -0.2) is 0 Å². The third kappa shape index (κ3) is 4.91. The van der Waals surface area contributed by atoms with Crippen molar-refractivity contribution in [2.24, 2.45) is 5.73 Å². The molecule has 0 unspecified atom stereocenters. The number of benzene rings is 1. The van der Waals surface area contributed by atoms with E-state index in [0.29, 0.717) is 0 Å². The Kier molecular flexibility index (Phi) is 6.36. The lowest BCUT2D eigenvalue weighted by atomic mass is 10.1. The number of nitrogens with one attached hydrogen (secondary N) is 1. The molecular weight excluding hydrogens is 238 g/mol. The van der Waals surface area contributed by atoms with Crippen LogP contribution >= 0.6 is 0 Å². The summed E-state index contributed by atoms with van der Waals surface area (Å²) in [5.74, 6) is -0.298. The maximum atomic E-state index is 11.0. The monoisotopic (exact) mass is 263 g/mol. The Labute approximate surface area is 116 Å². The summed E-state index contributed by atoms with van der Waals surface area (Å²) in [6.45, 7) is 9.25. The van der Waals surface area contributed by atoms with Crippen LogP contribution in [0.4, 0.5) is 5.69 Å². The molecule has 0 saturated carbocycles. The van der Waals surface area contributed by atoms with Gasteiger partial charge in [0.05, 0.1) is 6.54 Å². The summed E-state index contributed by atoms with van der Waals surface area (Å²) >= 11 is 0. The fourth-order valence-corrected chi connectivity index (χ4v) is 2.05. The molecule has 4 heteroatoms. The molecule has 106 valence electrons. The Hall–Kier alpha value is -1.55. The van der Waals surface area contributed by atoms with E-state index >= 15 is 0 Å². The van der Waals surface area contributed by atoms with Crippen molar-refractivity contribution in [1.82, 2.24) is 5.32 Å². The summed E-state index contributed by atoms with van der Waals surface area (Å²) in [7, 11) is 0. The summed E-state index contributed by atoms with van der Waals surface area (Å²) in [5.41, 5.74) is 8.86. The zero-order valence-electron chi connectivity index (χ0n) is 12.2. The number of nitrogens with two attached hydrogens (primary N) is 1. The molecule has 0 spiro atoms. The van der Waals surface area contributed by atoms with Gasteiger partial charge >= 0.3 is 0 Å². The van der Waals surface area contributed by atoms with E-state index in [1.165, 1.54) is 11.1 Å². The molecule has 0 aliphatic carbocycles. The number of nitrogens with zero attached hydrogens (tertiary/aromatic N) is 1. The Morgan fingerprint density at radius 1 is 1.37 bits per heavy atom. The normalized spacial score (nSPS) is 10.5. The van der Waals surface area contributed by atoms with Crippen molar-refractivity contribution in [2.45, 2.75) is 33.7 Å². The number of amides is 1. The molecule has 0 bridgehead atoms. The van der Waals surface area contributed by atoms with E-state index in [-0.39, 0.29) is 12.5 Å². The molecule has 0 heterocycles. The molecule has 1 aromatic rings. The quantitative estimate of drug-likeness (QED) is 0.703. The van der Waals surface area contributed by atoms with Crippen molar-refractivity contribution >= 4 is 11.6 Å². The summed E-state index contributed by atoms with van der Waals surface area (Å²) < 4.78 is 0. The van der Waals surface area contributed by atoms with E-state index in [2.05, 4.69) is 37.4 Å². The van der Waals surface area contributed by atoms with E-state index < -0.39 is 0 Å². The third-order valence-corrected chi connectivity index (χ3v) is 3.16. The van der Waals surface area contributed by atoms with Crippen molar-refractivity contribution in [1.29, 1.82) is 0 Å². The van der Waals surface area contributed by atoms with Gasteiger partial charge in [-0.1, -0.05) is 13.0 Å². The van der Waals surface area contributed by atoms with E-state index in [9.17, 15) is 4.79 Å². The average molecular weight is 263 g/mol. The third-order valence-electron chi connectivity index (χ3n) is 3.16. The van der Waals surface area contributed by atoms with Crippen LogP contribution in [0.3, 0.4) is 0 Å². The van der Waals surface area contributed by atoms with Crippen LogP contribution in [0.15, 0.2) is 18.2 Å². The average Bonchev–Trinajstić information content (AvgIpc) is 2.38. The van der Waals surface area contributed by atoms with Crippen LogP contribution in [0.2, 0.25) is 0 Å². The van der Waals surface area contributed by atoms with Crippen molar-refractivity contribution in [3.05, 3.63) is 29.3 Å². The van der Waals surface area contributed by atoms with E-state index in [0.717, 1.165) is 31.7 Å². The van der Waals surface area contributed by atoms with Gasteiger partial charge in [-0.2, -0.15) is 0 Å². The molecule has 19 heavy (non-hydrogen) atoms. The second-order valence-corrected chi connectivity index (χ2v) is 4.77. The molecule has 0 atom stereocenters. The van der Waals surface area contributed by atoms with E-state index in [1.54, 1.807) is 0 Å². The van der Waals surface area contributed by atoms with Crippen LogP contribution in [-0.2, 0) is 11.3 Å². The lowest BCUT2D eigenvalue weighted by Crippen LogP contribution is -2.33. The van der Waals surface area contributed by atoms with Crippen molar-refractivity contribution in [3.8, 4) is 0 Å². The van der Waals surface area contributed by atoms with Gasteiger partial charge in [0.15, 0.2) is 0 Å². The minimum absolute atomic E-state index is 0.267. The molecule has 1 amide bonds. The molecule has 0 saturated heterocycles. The number of carbonyl (C=O) groups excluding carboxylic acids is 1. The standard InChI is InChI=1S/C15H25N3O/c1-4-8-17-10-13-6-7-14(9-12(13)3)18(5-2)11-15(16)19/h6-7,9,17H,4-5,8,10-11H2,1-3H3,(H2,16,19). The van der Waals surface area contributed by atoms with Gasteiger partial charge in [-0.05, 0) is 50.1 Å². The highest BCUT2D eigenvalue weighted by atomic mass is 16.1. The highest BCUT2D eigenvalue weighted by Gasteiger charge is 2.08. The molecule has 0 fully saturated rings. The maximum absolute atomic E-state index is 11.0. The second-order valence-electron chi connectivity index (χ2n) is 4.77. The molecular formula is C15H25N3O. The number of anilines is 1. The molecule has 0 aromatic heterocycles. The number of primary amides is 1. The number of carbonyl (C=O) groups is 1. The molecule has 4 nitrogen and oxygen atoms in total. The van der Waals surface area contributed by atoms with Crippen LogP contribution in [0.5, 0.6) is 0 Å². The van der Waals surface area contributed by atoms with Crippen LogP contribution in [0, 0.1) is 6.92 Å². The molecule has 1 aromatic carbocycles. The van der Waals surface area contributed by atoms with Gasteiger partial charge in [0.2, 0.25) is 5.91 Å². The number of aryl methyl sites for hydroxylation is 1. The molecule has 0 radical (unpaired) electrons. The minimum Gasteiger partial charge on any atom is -0.368 e. The van der Waals surface area contributed by atoms with Gasteiger partial charge in [0.1, 0.15) is 0 Å². The fraction of sp³-hybridized carbons (Fsp3) is 0.533. The molecule has 1 rings (SSSR count). The highest BCUT2D eigenvalue weighted by Crippen LogP contribution is 2.19. The zero-order valence-corrected chi connectivity index (χ0v) is 12.2. The predicted octanol–water partition coefficient (Wildman–Crippen LogP) is 1.81. The van der Waals surface area contributed by atoms with E-state index in [4.69, 9.17) is 5.73 Å². The van der Waals surface area contributed by atoms with Crippen LogP contribution in [0.25, 0.3) is 0 Å². The lowest BCUT2D eigenvalue weighted by Gasteiger charge is -2.22. The van der Waals surface area contributed by atoms with Gasteiger partial charge in [-0.15, -0.1) is 0 Å². The number of hydrogen-bond donors (Lipinski definition) is 2. The minimum atomic E-state index is -0.298. The largest absolute Gasteiger partial charge is 0.368 e. The summed E-state index contributed by atoms with van der Waals surface area (Å²) in [4.78, 5) is 13.0. The van der Waals surface area contributed by atoms with Gasteiger partial charge < -0.3 is 16.0 Å². The Bertz CT molecular complexity index is 418. The van der Waals surface area contributed by atoms with Crippen molar-refractivity contribution in [3.63, 3.8) is 0 Å². The first kappa shape index (κ1) is 15.5. The van der Waals surface area contributed by atoms with Crippen LogP contribution in [0.1, 0.15) is 31.4 Å². The first-order valence-corrected chi connectivity index (χ1v) is 6.92. The topological polar surface area (TPSA) is 58.4 Å². The maximum Gasteiger partial charge on any atom is 0.236 e. The van der Waals surface area contributed by atoms with Crippen molar-refractivity contribution in [2.75, 3.05) is 24.5 Å². The molecule has 0 aliphatic rings. The van der Waals surface area contributed by atoms with E-state index in [1.807, 2.05) is 11.8 Å². The van der Waals surface area contributed by atoms with Gasteiger partial charge in [-0.3, -0.25) is 4.79 Å². The first-order valence-electron chi connectivity index (χ1n) is 6.92. The van der Waals surface area contributed by atoms with Crippen LogP contribution < -0.4 is 16.0 Å². The molecule has 3 N–H and O–H groups in total. The van der Waals surface area contributed by atoms with Gasteiger partial charge in [0.25, 0.3) is 0 Å². The second kappa shape index (κ2) is 7.79. The summed E-state index contributed by atoms with van der Waals surface area (Å²) in [6.07, 6.45) is 1.14. The zero-order chi connectivity index (χ0) is 14.3. The smallest absolute Gasteiger partial charge is 0.236 e. The predicted molar refractivity (Wildman–Crippen MR) is 80.3 cm³/mol. The first-order chi connectivity index (χ1) is 9.08. The highest BCUT2D eigenvalue weighted by molar-refractivity contribution is 5.79. The Morgan fingerprint density at radius 3 is 2.63 bits per heavy atom. The summed E-state index contributed by atoms with van der Waals surface area (Å²) in [6, 6.07) is 6.30. The van der Waals surface area contributed by atoms with Gasteiger partial charge in [0, 0.05) is 18.8 Å². The fourth-order valence-electron chi connectivity index (χ4n) is 2.05.